The predicted octanol–water partition coefficient (Wildman–Crippen LogP) is -1.68. The molecule has 0 bridgehead atoms. The number of esters is 1. The van der Waals surface area contributed by atoms with Crippen molar-refractivity contribution in [2.24, 2.45) is 0 Å². The van der Waals surface area contributed by atoms with E-state index in [1.165, 1.54) is 23.0 Å². The highest BCUT2D eigenvalue weighted by molar-refractivity contribution is 7.91. The smallest absolute Gasteiger partial charge is 0.328 e. The van der Waals surface area contributed by atoms with Crippen LogP contribution in [0.25, 0.3) is 0 Å². The Morgan fingerprint density at radius 1 is 1.15 bits per heavy atom. The third-order valence-corrected chi connectivity index (χ3v) is 8.66. The molecule has 2 fully saturated rings. The maximum Gasteiger partial charge on any atom is 0.328 e. The molecule has 3 atom stereocenters. The van der Waals surface area contributed by atoms with Gasteiger partial charge in [-0.05, 0) is 37.1 Å². The molecule has 2 aliphatic rings. The van der Waals surface area contributed by atoms with Crippen LogP contribution in [0, 0.1) is 0 Å². The molecule has 0 unspecified atom stereocenters. The van der Waals surface area contributed by atoms with E-state index in [1.807, 2.05) is 0 Å². The van der Waals surface area contributed by atoms with E-state index in [1.54, 1.807) is 11.4 Å². The van der Waals surface area contributed by atoms with Crippen molar-refractivity contribution < 1.29 is 42.2 Å². The number of rotatable bonds is 9. The number of carbonyl (C=O) groups is 4. The first-order chi connectivity index (χ1) is 16.1. The number of thiophene rings is 1. The molecule has 1 N–H and O–H groups in total. The van der Waals surface area contributed by atoms with E-state index in [0.29, 0.717) is 19.4 Å². The third kappa shape index (κ3) is 6.11. The number of methoxy groups -OCH3 is 1. The molecule has 0 aliphatic carbocycles. The van der Waals surface area contributed by atoms with Crippen molar-refractivity contribution in [3.05, 3.63) is 17.5 Å². The number of aliphatic carboxylic acids is 1. The monoisotopic (exact) mass is 516 g/mol. The highest BCUT2D eigenvalue weighted by Crippen LogP contribution is 2.27. The minimum Gasteiger partial charge on any atom is -0.548 e. The lowest BCUT2D eigenvalue weighted by atomic mass is 9.96. The summed E-state index contributed by atoms with van der Waals surface area (Å²) in [7, 11) is -2.58. The molecule has 12 nitrogen and oxygen atoms in total. The summed E-state index contributed by atoms with van der Waals surface area (Å²) < 4.78 is 37.7. The number of likely N-dealkylation sites (tertiary alicyclic amines) is 2. The van der Waals surface area contributed by atoms with Crippen molar-refractivity contribution in [3.8, 4) is 0 Å². The van der Waals surface area contributed by atoms with E-state index in [9.17, 15) is 32.7 Å². The first-order valence-electron chi connectivity index (χ1n) is 10.6. The molecule has 14 heteroatoms. The van der Waals surface area contributed by atoms with Gasteiger partial charge in [0.1, 0.15) is 22.9 Å². The fourth-order valence-electron chi connectivity index (χ4n) is 4.21. The van der Waals surface area contributed by atoms with E-state index < -0.39 is 65.1 Å². The Bertz CT molecular complexity index is 1010. The summed E-state index contributed by atoms with van der Waals surface area (Å²) in [6.45, 7) is -1.02. The van der Waals surface area contributed by atoms with Gasteiger partial charge in [0, 0.05) is 19.1 Å². The number of sulfonamides is 1. The zero-order valence-corrected chi connectivity index (χ0v) is 20.1. The normalized spacial score (nSPS) is 23.0. The van der Waals surface area contributed by atoms with Crippen LogP contribution in [0.5, 0.6) is 0 Å². The Morgan fingerprint density at radius 2 is 1.91 bits per heavy atom. The third-order valence-electron chi connectivity index (χ3n) is 5.74. The predicted molar refractivity (Wildman–Crippen MR) is 116 cm³/mol. The van der Waals surface area contributed by atoms with Gasteiger partial charge in [0.2, 0.25) is 21.8 Å². The molecular formula is C20H26N3O9S2-. The fourth-order valence-corrected chi connectivity index (χ4v) is 6.50. The van der Waals surface area contributed by atoms with Crippen LogP contribution in [0.2, 0.25) is 0 Å². The standard InChI is InChI=1S/C20H27N3O9S2/c1-31-20(28)14-4-2-7-23(14)19(27)15-10-13(21-34(29,30)18-5-3-9-33-18)6-8-22(15)16(24)11-32-12-17(25)26/h3,5,9,13-15,21H,2,4,6-8,10-12H2,1H3,(H,25,26)/p-1/t13-,14+,15-/m0/s1. The molecule has 34 heavy (non-hydrogen) atoms. The van der Waals surface area contributed by atoms with Crippen molar-refractivity contribution in [3.63, 3.8) is 0 Å². The Morgan fingerprint density at radius 3 is 2.56 bits per heavy atom. The molecular weight excluding hydrogens is 490 g/mol. The van der Waals surface area contributed by atoms with Gasteiger partial charge >= 0.3 is 5.97 Å². The van der Waals surface area contributed by atoms with Gasteiger partial charge in [0.05, 0.1) is 19.7 Å². The van der Waals surface area contributed by atoms with Crippen LogP contribution in [0.3, 0.4) is 0 Å². The number of amides is 2. The molecule has 0 spiro atoms. The second-order valence-electron chi connectivity index (χ2n) is 7.96. The van der Waals surface area contributed by atoms with Crippen LogP contribution < -0.4 is 9.83 Å². The van der Waals surface area contributed by atoms with Crippen molar-refractivity contribution in [1.82, 2.24) is 14.5 Å². The van der Waals surface area contributed by atoms with Crippen LogP contribution in [0.4, 0.5) is 0 Å². The number of ether oxygens (including phenoxy) is 2. The molecule has 2 amide bonds. The molecule has 1 aromatic rings. The van der Waals surface area contributed by atoms with Crippen LogP contribution >= 0.6 is 11.3 Å². The first-order valence-corrected chi connectivity index (χ1v) is 13.0. The lowest BCUT2D eigenvalue weighted by Crippen LogP contribution is -2.59. The van der Waals surface area contributed by atoms with Crippen LogP contribution in [0.15, 0.2) is 21.7 Å². The van der Waals surface area contributed by atoms with Gasteiger partial charge < -0.3 is 29.2 Å². The molecule has 1 aromatic heterocycles. The van der Waals surface area contributed by atoms with E-state index in [0.717, 1.165) is 11.3 Å². The molecule has 3 heterocycles. The first kappa shape index (κ1) is 26.1. The Balaban J connectivity index is 1.79. The van der Waals surface area contributed by atoms with E-state index >= 15 is 0 Å². The largest absolute Gasteiger partial charge is 0.548 e. The average Bonchev–Trinajstić information content (AvgIpc) is 3.50. The second-order valence-corrected chi connectivity index (χ2v) is 10.8. The van der Waals surface area contributed by atoms with Crippen molar-refractivity contribution in [1.29, 1.82) is 0 Å². The number of carbonyl (C=O) groups excluding carboxylic acids is 4. The van der Waals surface area contributed by atoms with Gasteiger partial charge in [-0.3, -0.25) is 9.59 Å². The van der Waals surface area contributed by atoms with Gasteiger partial charge in [-0.15, -0.1) is 11.3 Å². The van der Waals surface area contributed by atoms with Gasteiger partial charge in [0.15, 0.2) is 0 Å². The summed E-state index contributed by atoms with van der Waals surface area (Å²) >= 11 is 1.06. The second kappa shape index (κ2) is 11.3. The van der Waals surface area contributed by atoms with Crippen LogP contribution in [-0.4, -0.2) is 93.5 Å². The number of nitrogens with one attached hydrogen (secondary N) is 1. The molecule has 2 aliphatic heterocycles. The molecule has 0 radical (unpaired) electrons. The van der Waals surface area contributed by atoms with Crippen molar-refractivity contribution >= 4 is 45.1 Å². The number of hydrogen-bond donors (Lipinski definition) is 1. The molecule has 0 saturated carbocycles. The van der Waals surface area contributed by atoms with E-state index in [-0.39, 0.29) is 23.6 Å². The fraction of sp³-hybridized carbons (Fsp3) is 0.600. The summed E-state index contributed by atoms with van der Waals surface area (Å²) in [5.74, 6) is -3.17. The lowest BCUT2D eigenvalue weighted by Gasteiger charge is -2.40. The van der Waals surface area contributed by atoms with Crippen molar-refractivity contribution in [2.75, 3.05) is 33.4 Å². The van der Waals surface area contributed by atoms with E-state index in [2.05, 4.69) is 4.72 Å². The van der Waals surface area contributed by atoms with Gasteiger partial charge in [-0.25, -0.2) is 17.9 Å². The Hall–Kier alpha value is -2.55. The van der Waals surface area contributed by atoms with Crippen LogP contribution in [-0.2, 0) is 38.7 Å². The number of hydrogen-bond acceptors (Lipinski definition) is 10. The van der Waals surface area contributed by atoms with Gasteiger partial charge in [-0.1, -0.05) is 6.07 Å². The zero-order valence-electron chi connectivity index (χ0n) is 18.5. The summed E-state index contributed by atoms with van der Waals surface area (Å²) in [5, 5.41) is 12.2. The highest BCUT2D eigenvalue weighted by Gasteiger charge is 2.44. The average molecular weight is 517 g/mol. The topological polar surface area (TPSA) is 162 Å². The van der Waals surface area contributed by atoms with Crippen molar-refractivity contribution in [2.45, 2.75) is 48.0 Å². The Labute approximate surface area is 200 Å². The number of nitrogens with zero attached hydrogens (tertiary/aromatic N) is 2. The Kier molecular flexibility index (Phi) is 8.62. The van der Waals surface area contributed by atoms with Crippen LogP contribution in [0.1, 0.15) is 25.7 Å². The minimum atomic E-state index is -3.81. The minimum absolute atomic E-state index is 0.0138. The lowest BCUT2D eigenvalue weighted by molar-refractivity contribution is -0.309. The summed E-state index contributed by atoms with van der Waals surface area (Å²) in [5.41, 5.74) is 0. The SMILES string of the molecule is COC(=O)[C@H]1CCCN1C(=O)[C@@H]1C[C@@H](NS(=O)(=O)c2cccs2)CCN1C(=O)COCC(=O)[O-]. The number of carboxylic acid groups (broad SMARTS) is 1. The number of piperidine rings is 1. The highest BCUT2D eigenvalue weighted by atomic mass is 32.2. The van der Waals surface area contributed by atoms with E-state index in [4.69, 9.17) is 9.47 Å². The molecule has 3 rings (SSSR count). The summed E-state index contributed by atoms with van der Waals surface area (Å²) in [4.78, 5) is 51.5. The maximum absolute atomic E-state index is 13.5. The number of carboxylic acids is 1. The molecule has 0 aromatic carbocycles. The van der Waals surface area contributed by atoms with Gasteiger partial charge in [0.25, 0.3) is 0 Å². The maximum atomic E-state index is 13.5. The summed E-state index contributed by atoms with van der Waals surface area (Å²) in [6, 6.07) is 0.600. The van der Waals surface area contributed by atoms with Gasteiger partial charge in [-0.2, -0.15) is 0 Å². The zero-order chi connectivity index (χ0) is 24.9. The molecule has 188 valence electrons. The summed E-state index contributed by atoms with van der Waals surface area (Å²) in [6.07, 6.45) is 1.22. The molecule has 2 saturated heterocycles. The quantitative estimate of drug-likeness (QED) is 0.378.